The number of hydrogen-bond donors (Lipinski definition) is 1. The molecule has 1 aliphatic heterocycles. The number of carbonyl (C=O) groups excluding carboxylic acids is 1. The van der Waals surface area contributed by atoms with E-state index >= 15 is 0 Å². The molecular weight excluding hydrogens is 118 g/mol. The van der Waals surface area contributed by atoms with E-state index in [2.05, 4.69) is 12.2 Å². The first-order chi connectivity index (χ1) is 4.33. The van der Waals surface area contributed by atoms with Crippen LogP contribution in [0.1, 0.15) is 13.3 Å². The molecule has 0 saturated carbocycles. The van der Waals surface area contributed by atoms with Crippen molar-refractivity contribution in [3.8, 4) is 0 Å². The largest absolute Gasteiger partial charge is 0.463 e. The summed E-state index contributed by atoms with van der Waals surface area (Å²) in [6, 6.07) is 0.495. The highest BCUT2D eigenvalue weighted by Crippen LogP contribution is 2.07. The minimum absolute atomic E-state index is 0.109. The third kappa shape index (κ3) is 1.68. The van der Waals surface area contributed by atoms with Crippen molar-refractivity contribution in [2.45, 2.75) is 25.5 Å². The van der Waals surface area contributed by atoms with Gasteiger partial charge in [0.05, 0.1) is 0 Å². The first kappa shape index (κ1) is 6.55. The summed E-state index contributed by atoms with van der Waals surface area (Å²) >= 11 is 0. The molecule has 0 aliphatic carbocycles. The van der Waals surface area contributed by atoms with Crippen LogP contribution in [0.3, 0.4) is 0 Å². The summed E-state index contributed by atoms with van der Waals surface area (Å²) in [6.45, 7) is 3.40. The van der Waals surface area contributed by atoms with Crippen molar-refractivity contribution in [1.82, 2.24) is 5.32 Å². The maximum atomic E-state index is 9.82. The molecule has 3 heteroatoms. The third-order valence-corrected chi connectivity index (χ3v) is 1.56. The zero-order valence-electron chi connectivity index (χ0n) is 5.46. The summed E-state index contributed by atoms with van der Waals surface area (Å²) in [7, 11) is 0. The van der Waals surface area contributed by atoms with Gasteiger partial charge in [0.15, 0.2) is 0 Å². The van der Waals surface area contributed by atoms with Crippen LogP contribution < -0.4 is 5.32 Å². The molecule has 0 aromatic rings. The van der Waals surface area contributed by atoms with Gasteiger partial charge in [0.2, 0.25) is 0 Å². The molecule has 9 heavy (non-hydrogen) atoms. The summed E-state index contributed by atoms with van der Waals surface area (Å²) < 4.78 is 4.73. The number of ether oxygens (including phenoxy) is 1. The van der Waals surface area contributed by atoms with Crippen LogP contribution in [0.25, 0.3) is 0 Å². The van der Waals surface area contributed by atoms with Crippen LogP contribution in [0, 0.1) is 0 Å². The molecule has 2 unspecified atom stereocenters. The Morgan fingerprint density at radius 3 is 3.00 bits per heavy atom. The van der Waals surface area contributed by atoms with Gasteiger partial charge < -0.3 is 10.1 Å². The lowest BCUT2D eigenvalue weighted by molar-refractivity contribution is -0.132. The van der Waals surface area contributed by atoms with Crippen LogP contribution in [0.4, 0.5) is 0 Å². The minimum Gasteiger partial charge on any atom is -0.463 e. The van der Waals surface area contributed by atoms with Crippen LogP contribution in [0.5, 0.6) is 0 Å². The van der Waals surface area contributed by atoms with E-state index in [-0.39, 0.29) is 6.10 Å². The van der Waals surface area contributed by atoms with Gasteiger partial charge >= 0.3 is 0 Å². The van der Waals surface area contributed by atoms with Gasteiger partial charge in [-0.25, -0.2) is 0 Å². The zero-order chi connectivity index (χ0) is 6.69. The summed E-state index contributed by atoms with van der Waals surface area (Å²) in [5, 5.41) is 3.17. The van der Waals surface area contributed by atoms with Crippen LogP contribution in [0.15, 0.2) is 0 Å². The second-order valence-electron chi connectivity index (χ2n) is 2.40. The molecule has 1 aliphatic rings. The fourth-order valence-electron chi connectivity index (χ4n) is 1.08. The van der Waals surface area contributed by atoms with E-state index in [1.807, 2.05) is 0 Å². The van der Waals surface area contributed by atoms with Crippen molar-refractivity contribution >= 4 is 6.47 Å². The van der Waals surface area contributed by atoms with E-state index < -0.39 is 0 Å². The van der Waals surface area contributed by atoms with Gasteiger partial charge in [-0.05, 0) is 6.92 Å². The van der Waals surface area contributed by atoms with Gasteiger partial charge in [-0.1, -0.05) is 0 Å². The van der Waals surface area contributed by atoms with Crippen molar-refractivity contribution in [2.75, 3.05) is 6.54 Å². The first-order valence-electron chi connectivity index (χ1n) is 3.15. The molecule has 0 bridgehead atoms. The Balaban J connectivity index is 2.21. The van der Waals surface area contributed by atoms with Crippen LogP contribution in [-0.4, -0.2) is 25.2 Å². The number of carbonyl (C=O) groups is 1. The normalized spacial score (nSPS) is 34.3. The highest BCUT2D eigenvalue weighted by atomic mass is 16.5. The topological polar surface area (TPSA) is 38.3 Å². The SMILES string of the molecule is CC1CC(OC=O)CN1. The molecular formula is C6H11NO2. The van der Waals surface area contributed by atoms with Crippen molar-refractivity contribution in [3.05, 3.63) is 0 Å². The molecule has 3 nitrogen and oxygen atoms in total. The standard InChI is InChI=1S/C6H11NO2/c1-5-2-6(3-7-5)9-4-8/h4-7H,2-3H2,1H3. The number of rotatable bonds is 2. The Bertz CT molecular complexity index is 105. The Morgan fingerprint density at radius 2 is 2.56 bits per heavy atom. The first-order valence-corrected chi connectivity index (χ1v) is 3.15. The second-order valence-corrected chi connectivity index (χ2v) is 2.40. The fraction of sp³-hybridized carbons (Fsp3) is 0.833. The van der Waals surface area contributed by atoms with E-state index in [9.17, 15) is 4.79 Å². The van der Waals surface area contributed by atoms with Crippen molar-refractivity contribution in [3.63, 3.8) is 0 Å². The molecule has 52 valence electrons. The van der Waals surface area contributed by atoms with Gasteiger partial charge in [0.1, 0.15) is 6.10 Å². The molecule has 2 atom stereocenters. The van der Waals surface area contributed by atoms with Crippen molar-refractivity contribution < 1.29 is 9.53 Å². The predicted octanol–water partition coefficient (Wildman–Crippen LogP) is -0.0902. The molecule has 0 amide bonds. The molecule has 1 rings (SSSR count). The van der Waals surface area contributed by atoms with Gasteiger partial charge in [-0.3, -0.25) is 4.79 Å². The molecule has 0 aromatic heterocycles. The average Bonchev–Trinajstić information content (AvgIpc) is 2.17. The van der Waals surface area contributed by atoms with Gasteiger partial charge in [0.25, 0.3) is 6.47 Å². The minimum atomic E-state index is 0.109. The van der Waals surface area contributed by atoms with Gasteiger partial charge in [-0.15, -0.1) is 0 Å². The Labute approximate surface area is 54.4 Å². The fourth-order valence-corrected chi connectivity index (χ4v) is 1.08. The second kappa shape index (κ2) is 2.82. The molecule has 0 radical (unpaired) electrons. The molecule has 1 saturated heterocycles. The quantitative estimate of drug-likeness (QED) is 0.529. The molecule has 1 heterocycles. The maximum Gasteiger partial charge on any atom is 0.293 e. The van der Waals surface area contributed by atoms with E-state index in [0.717, 1.165) is 13.0 Å². The molecule has 1 N–H and O–H groups in total. The van der Waals surface area contributed by atoms with Crippen LogP contribution in [0.2, 0.25) is 0 Å². The lowest BCUT2D eigenvalue weighted by atomic mass is 10.2. The number of hydrogen-bond acceptors (Lipinski definition) is 3. The predicted molar refractivity (Wildman–Crippen MR) is 33.0 cm³/mol. The Morgan fingerprint density at radius 1 is 1.78 bits per heavy atom. The van der Waals surface area contributed by atoms with Crippen LogP contribution in [-0.2, 0) is 9.53 Å². The molecule has 1 fully saturated rings. The van der Waals surface area contributed by atoms with Gasteiger partial charge in [-0.2, -0.15) is 0 Å². The summed E-state index contributed by atoms with van der Waals surface area (Å²) in [6.07, 6.45) is 1.05. The van der Waals surface area contributed by atoms with E-state index in [1.165, 1.54) is 0 Å². The van der Waals surface area contributed by atoms with Crippen molar-refractivity contribution in [2.24, 2.45) is 0 Å². The zero-order valence-corrected chi connectivity index (χ0v) is 5.46. The lowest BCUT2D eigenvalue weighted by Crippen LogP contribution is -2.18. The van der Waals surface area contributed by atoms with E-state index in [0.29, 0.717) is 12.5 Å². The highest BCUT2D eigenvalue weighted by Gasteiger charge is 2.20. The Kier molecular flexibility index (Phi) is 2.05. The summed E-state index contributed by atoms with van der Waals surface area (Å²) in [4.78, 5) is 9.82. The Hall–Kier alpha value is -0.570. The summed E-state index contributed by atoms with van der Waals surface area (Å²) in [5.41, 5.74) is 0. The smallest absolute Gasteiger partial charge is 0.293 e. The molecule has 0 aromatic carbocycles. The van der Waals surface area contributed by atoms with Gasteiger partial charge in [0, 0.05) is 19.0 Å². The van der Waals surface area contributed by atoms with Crippen LogP contribution >= 0.6 is 0 Å². The third-order valence-electron chi connectivity index (χ3n) is 1.56. The average molecular weight is 129 g/mol. The highest BCUT2D eigenvalue weighted by molar-refractivity contribution is 5.37. The lowest BCUT2D eigenvalue weighted by Gasteiger charge is -2.03. The molecule has 0 spiro atoms. The summed E-state index contributed by atoms with van der Waals surface area (Å²) in [5.74, 6) is 0. The maximum absolute atomic E-state index is 9.82. The monoisotopic (exact) mass is 129 g/mol. The van der Waals surface area contributed by atoms with Crippen molar-refractivity contribution in [1.29, 1.82) is 0 Å². The van der Waals surface area contributed by atoms with E-state index in [1.54, 1.807) is 0 Å². The van der Waals surface area contributed by atoms with E-state index in [4.69, 9.17) is 4.74 Å². The number of nitrogens with one attached hydrogen (secondary N) is 1.